The van der Waals surface area contributed by atoms with Crippen LogP contribution in [0.25, 0.3) is 0 Å². The minimum atomic E-state index is -0.856. The highest BCUT2D eigenvalue weighted by atomic mass is 16.5. The van der Waals surface area contributed by atoms with E-state index in [-0.39, 0.29) is 17.2 Å². The molecule has 1 saturated carbocycles. The molecule has 1 spiro atoms. The van der Waals surface area contributed by atoms with Gasteiger partial charge < -0.3 is 20.1 Å². The molecule has 7 nitrogen and oxygen atoms in total. The van der Waals surface area contributed by atoms with Crippen molar-refractivity contribution in [2.45, 2.75) is 76.0 Å². The third-order valence-corrected chi connectivity index (χ3v) is 7.53. The smallest absolute Gasteiger partial charge is 0.270 e. The maximum absolute atomic E-state index is 13.1. The number of hydrogen-bond acceptors (Lipinski definition) is 5. The van der Waals surface area contributed by atoms with Gasteiger partial charge in [0, 0.05) is 31.3 Å². The summed E-state index contributed by atoms with van der Waals surface area (Å²) in [5.74, 6) is -0.0534. The summed E-state index contributed by atoms with van der Waals surface area (Å²) in [6.45, 7) is 5.58. The van der Waals surface area contributed by atoms with Gasteiger partial charge in [0.1, 0.15) is 11.8 Å². The number of nitrogens with zero attached hydrogens (tertiary/aromatic N) is 2. The number of rotatable bonds is 3. The van der Waals surface area contributed by atoms with E-state index in [1.165, 1.54) is 0 Å². The van der Waals surface area contributed by atoms with Crippen LogP contribution in [0.1, 0.15) is 69.3 Å². The van der Waals surface area contributed by atoms with Crippen LogP contribution in [0.2, 0.25) is 0 Å². The van der Waals surface area contributed by atoms with Gasteiger partial charge in [0.15, 0.2) is 0 Å². The summed E-state index contributed by atoms with van der Waals surface area (Å²) in [6.07, 6.45) is 6.56. The fourth-order valence-electron chi connectivity index (χ4n) is 5.47. The molecule has 1 aromatic rings. The second-order valence-electron chi connectivity index (χ2n) is 9.71. The van der Waals surface area contributed by atoms with Gasteiger partial charge in [-0.3, -0.25) is 14.6 Å². The van der Waals surface area contributed by atoms with Gasteiger partial charge in [0.2, 0.25) is 5.91 Å². The Balaban J connectivity index is 1.43. The number of ether oxygens (including phenoxy) is 1. The third-order valence-electron chi connectivity index (χ3n) is 7.53. The molecule has 164 valence electrons. The molecule has 3 fully saturated rings. The van der Waals surface area contributed by atoms with E-state index in [1.54, 1.807) is 24.4 Å². The first-order valence-electron chi connectivity index (χ1n) is 11.1. The molecule has 3 heterocycles. The Kier molecular flexibility index (Phi) is 5.62. The molecule has 2 atom stereocenters. The van der Waals surface area contributed by atoms with Gasteiger partial charge in [-0.25, -0.2) is 0 Å². The number of aliphatic hydroxyl groups excluding tert-OH is 1. The lowest BCUT2D eigenvalue weighted by Crippen LogP contribution is -2.69. The second kappa shape index (κ2) is 7.93. The first-order valence-corrected chi connectivity index (χ1v) is 11.1. The van der Waals surface area contributed by atoms with E-state index < -0.39 is 17.2 Å². The molecule has 3 aliphatic rings. The van der Waals surface area contributed by atoms with Gasteiger partial charge in [0.25, 0.3) is 5.91 Å². The van der Waals surface area contributed by atoms with Crippen molar-refractivity contribution >= 4 is 11.8 Å². The van der Waals surface area contributed by atoms with Crippen LogP contribution in [0.15, 0.2) is 24.4 Å². The lowest BCUT2D eigenvalue weighted by molar-refractivity contribution is -0.207. The molecular weight excluding hydrogens is 382 g/mol. The number of carbonyl (C=O) groups excluding carboxylic acids is 2. The fraction of sp³-hybridized carbons (Fsp3) is 0.696. The van der Waals surface area contributed by atoms with Gasteiger partial charge in [-0.05, 0) is 51.2 Å². The maximum Gasteiger partial charge on any atom is 0.270 e. The summed E-state index contributed by atoms with van der Waals surface area (Å²) in [5.41, 5.74) is -1.45. The molecule has 0 unspecified atom stereocenters. The summed E-state index contributed by atoms with van der Waals surface area (Å²) >= 11 is 0. The summed E-state index contributed by atoms with van der Waals surface area (Å²) in [4.78, 5) is 31.8. The van der Waals surface area contributed by atoms with Crippen molar-refractivity contribution in [2.24, 2.45) is 5.41 Å². The van der Waals surface area contributed by atoms with Crippen LogP contribution in [0.3, 0.4) is 0 Å². The van der Waals surface area contributed by atoms with Crippen LogP contribution in [0.4, 0.5) is 0 Å². The highest BCUT2D eigenvalue weighted by molar-refractivity contribution is 5.92. The first kappa shape index (κ1) is 21.2. The SMILES string of the molecule is CC1(C(=O)N2CCC3(CC2)OCC[C@](C)(NC(=O)c2ccccn2)[C@H]3O)CCCC1. The van der Waals surface area contributed by atoms with Crippen LogP contribution in [-0.2, 0) is 9.53 Å². The molecule has 2 N–H and O–H groups in total. The van der Waals surface area contributed by atoms with Crippen LogP contribution < -0.4 is 5.32 Å². The lowest BCUT2D eigenvalue weighted by atomic mass is 9.72. The molecule has 4 rings (SSSR count). The van der Waals surface area contributed by atoms with Crippen molar-refractivity contribution in [3.8, 4) is 0 Å². The van der Waals surface area contributed by atoms with Crippen molar-refractivity contribution in [1.82, 2.24) is 15.2 Å². The molecule has 2 amide bonds. The molecule has 2 saturated heterocycles. The molecule has 0 radical (unpaired) electrons. The van der Waals surface area contributed by atoms with Gasteiger partial charge in [-0.15, -0.1) is 0 Å². The number of carbonyl (C=O) groups is 2. The molecule has 0 bridgehead atoms. The van der Waals surface area contributed by atoms with Crippen molar-refractivity contribution in [2.75, 3.05) is 19.7 Å². The van der Waals surface area contributed by atoms with Crippen LogP contribution >= 0.6 is 0 Å². The zero-order valence-electron chi connectivity index (χ0n) is 18.0. The Hall–Kier alpha value is -1.99. The highest BCUT2D eigenvalue weighted by Crippen LogP contribution is 2.43. The van der Waals surface area contributed by atoms with Crippen molar-refractivity contribution in [3.63, 3.8) is 0 Å². The Labute approximate surface area is 178 Å². The minimum Gasteiger partial charge on any atom is -0.388 e. The summed E-state index contributed by atoms with van der Waals surface area (Å²) in [7, 11) is 0. The van der Waals surface area contributed by atoms with Gasteiger partial charge in [0.05, 0.1) is 11.1 Å². The minimum absolute atomic E-state index is 0.234. The monoisotopic (exact) mass is 415 g/mol. The molecule has 7 heteroatoms. The number of piperidine rings is 1. The topological polar surface area (TPSA) is 91.8 Å². The Morgan fingerprint density at radius 3 is 2.47 bits per heavy atom. The number of amides is 2. The lowest BCUT2D eigenvalue weighted by Gasteiger charge is -2.54. The van der Waals surface area contributed by atoms with Crippen molar-refractivity contribution in [1.29, 1.82) is 0 Å². The average Bonchev–Trinajstić information content (AvgIpc) is 3.20. The largest absolute Gasteiger partial charge is 0.388 e. The van der Waals surface area contributed by atoms with Gasteiger partial charge in [-0.2, -0.15) is 0 Å². The predicted octanol–water partition coefficient (Wildman–Crippen LogP) is 2.29. The molecule has 2 aliphatic heterocycles. The predicted molar refractivity (Wildman–Crippen MR) is 112 cm³/mol. The van der Waals surface area contributed by atoms with Crippen LogP contribution in [0, 0.1) is 5.41 Å². The summed E-state index contributed by atoms with van der Waals surface area (Å²) in [6, 6.07) is 5.19. The second-order valence-corrected chi connectivity index (χ2v) is 9.71. The van der Waals surface area contributed by atoms with E-state index in [0.29, 0.717) is 44.7 Å². The molecule has 1 aromatic heterocycles. The molecular formula is C23H33N3O4. The first-order chi connectivity index (χ1) is 14.3. The molecule has 30 heavy (non-hydrogen) atoms. The van der Waals surface area contributed by atoms with Gasteiger partial charge >= 0.3 is 0 Å². The normalized spacial score (nSPS) is 30.2. The number of likely N-dealkylation sites (tertiary alicyclic amines) is 1. The van der Waals surface area contributed by atoms with E-state index in [2.05, 4.69) is 17.2 Å². The fourth-order valence-corrected chi connectivity index (χ4v) is 5.47. The Morgan fingerprint density at radius 2 is 1.83 bits per heavy atom. The van der Waals surface area contributed by atoms with E-state index >= 15 is 0 Å². The molecule has 1 aliphatic carbocycles. The summed E-state index contributed by atoms with van der Waals surface area (Å²) in [5, 5.41) is 14.3. The van der Waals surface area contributed by atoms with Crippen molar-refractivity contribution < 1.29 is 19.4 Å². The Morgan fingerprint density at radius 1 is 1.13 bits per heavy atom. The highest BCUT2D eigenvalue weighted by Gasteiger charge is 2.54. The zero-order chi connectivity index (χ0) is 21.4. The number of nitrogens with one attached hydrogen (secondary N) is 1. The van der Waals surface area contributed by atoms with Gasteiger partial charge in [-0.1, -0.05) is 25.8 Å². The standard InChI is InChI=1S/C23H33N3O4/c1-21(8-4-5-9-21)20(29)26-14-10-23(11-15-26)19(28)22(2,12-16-30-23)25-18(27)17-7-3-6-13-24-17/h3,6-7,13,19,28H,4-5,8-12,14-16H2,1-2H3,(H,25,27)/t19-,22+/m1/s1. The number of aromatic nitrogens is 1. The van der Waals surface area contributed by atoms with Crippen LogP contribution in [-0.4, -0.2) is 63.7 Å². The number of hydrogen-bond donors (Lipinski definition) is 2. The van der Waals surface area contributed by atoms with E-state index in [4.69, 9.17) is 4.74 Å². The number of pyridine rings is 1. The molecule has 0 aromatic carbocycles. The third kappa shape index (κ3) is 3.73. The Bertz CT molecular complexity index is 785. The average molecular weight is 416 g/mol. The zero-order valence-corrected chi connectivity index (χ0v) is 18.0. The van der Waals surface area contributed by atoms with Crippen molar-refractivity contribution in [3.05, 3.63) is 30.1 Å². The van der Waals surface area contributed by atoms with E-state index in [9.17, 15) is 14.7 Å². The maximum atomic E-state index is 13.1. The van der Waals surface area contributed by atoms with E-state index in [0.717, 1.165) is 25.7 Å². The number of aliphatic hydroxyl groups is 1. The quantitative estimate of drug-likeness (QED) is 0.790. The van der Waals surface area contributed by atoms with E-state index in [1.807, 2.05) is 11.8 Å². The van der Waals surface area contributed by atoms with Crippen LogP contribution in [0.5, 0.6) is 0 Å². The summed E-state index contributed by atoms with van der Waals surface area (Å²) < 4.78 is 6.13.